The summed E-state index contributed by atoms with van der Waals surface area (Å²) in [5.41, 5.74) is 0.963. The molecule has 0 aromatic heterocycles. The molecule has 0 saturated carbocycles. The Morgan fingerprint density at radius 3 is 2.30 bits per heavy atom. The predicted molar refractivity (Wildman–Crippen MR) is 71.7 cm³/mol. The molecule has 0 unspecified atom stereocenters. The first-order chi connectivity index (χ1) is 9.45. The number of phenolic OH excluding ortho intramolecular Hbond substituents is 1. The third-order valence-electron chi connectivity index (χ3n) is 2.87. The number of phenols is 1. The Bertz CT molecular complexity index is 564. The molecule has 0 fully saturated rings. The lowest BCUT2D eigenvalue weighted by atomic mass is 10.1. The van der Waals surface area contributed by atoms with Crippen LogP contribution in [0.2, 0.25) is 0 Å². The monoisotopic (exact) mass is 281 g/mol. The second-order valence-corrected chi connectivity index (χ2v) is 4.42. The molecule has 20 heavy (non-hydrogen) atoms. The topological polar surface area (TPSA) is 32.3 Å². The summed E-state index contributed by atoms with van der Waals surface area (Å²) >= 11 is 0. The molecule has 0 spiro atoms. The highest BCUT2D eigenvalue weighted by Gasteiger charge is 2.29. The van der Waals surface area contributed by atoms with Crippen LogP contribution in [-0.2, 0) is 12.6 Å². The molecule has 0 bridgehead atoms. The number of nitrogens with one attached hydrogen (secondary N) is 1. The van der Waals surface area contributed by atoms with Crippen molar-refractivity contribution >= 4 is 5.69 Å². The zero-order valence-corrected chi connectivity index (χ0v) is 10.6. The molecule has 2 N–H and O–H groups in total. The molecule has 2 aromatic rings. The fourth-order valence-corrected chi connectivity index (χ4v) is 1.83. The SMILES string of the molecule is Oc1cccc(NCCc2ccc(C(F)(F)F)cc2)c1. The van der Waals surface area contributed by atoms with Crippen molar-refractivity contribution in [1.82, 2.24) is 0 Å². The van der Waals surface area contributed by atoms with Crippen LogP contribution in [-0.4, -0.2) is 11.7 Å². The number of hydrogen-bond donors (Lipinski definition) is 2. The zero-order chi connectivity index (χ0) is 14.6. The van der Waals surface area contributed by atoms with Crippen LogP contribution in [0, 0.1) is 0 Å². The van der Waals surface area contributed by atoms with Gasteiger partial charge >= 0.3 is 6.18 Å². The van der Waals surface area contributed by atoms with Gasteiger partial charge in [0.15, 0.2) is 0 Å². The minimum absolute atomic E-state index is 0.171. The van der Waals surface area contributed by atoms with Gasteiger partial charge in [-0.2, -0.15) is 13.2 Å². The normalized spacial score (nSPS) is 11.3. The molecule has 2 aromatic carbocycles. The van der Waals surface area contributed by atoms with Crippen molar-refractivity contribution in [2.45, 2.75) is 12.6 Å². The smallest absolute Gasteiger partial charge is 0.416 e. The summed E-state index contributed by atoms with van der Waals surface area (Å²) < 4.78 is 37.2. The number of halogens is 3. The van der Waals surface area contributed by atoms with E-state index in [-0.39, 0.29) is 5.75 Å². The second kappa shape index (κ2) is 5.86. The molecule has 2 nitrogen and oxygen atoms in total. The van der Waals surface area contributed by atoms with Gasteiger partial charge in [-0.15, -0.1) is 0 Å². The first-order valence-electron chi connectivity index (χ1n) is 6.14. The Labute approximate surface area is 114 Å². The molecule has 106 valence electrons. The Balaban J connectivity index is 1.88. The van der Waals surface area contributed by atoms with Crippen LogP contribution in [0.15, 0.2) is 48.5 Å². The van der Waals surface area contributed by atoms with E-state index in [9.17, 15) is 18.3 Å². The maximum absolute atomic E-state index is 12.4. The molecule has 0 saturated heterocycles. The summed E-state index contributed by atoms with van der Waals surface area (Å²) in [6.07, 6.45) is -3.69. The van der Waals surface area contributed by atoms with Gasteiger partial charge in [-0.05, 0) is 36.2 Å². The summed E-state index contributed by atoms with van der Waals surface area (Å²) in [4.78, 5) is 0. The quantitative estimate of drug-likeness (QED) is 0.885. The average molecular weight is 281 g/mol. The van der Waals surface area contributed by atoms with Crippen LogP contribution in [0.25, 0.3) is 0 Å². The molecule has 0 atom stereocenters. The lowest BCUT2D eigenvalue weighted by molar-refractivity contribution is -0.137. The lowest BCUT2D eigenvalue weighted by Crippen LogP contribution is -2.07. The largest absolute Gasteiger partial charge is 0.508 e. The van der Waals surface area contributed by atoms with Crippen LogP contribution in [0.1, 0.15) is 11.1 Å². The number of alkyl halides is 3. The van der Waals surface area contributed by atoms with Crippen molar-refractivity contribution in [3.05, 3.63) is 59.7 Å². The van der Waals surface area contributed by atoms with Gasteiger partial charge in [-0.1, -0.05) is 18.2 Å². The van der Waals surface area contributed by atoms with Gasteiger partial charge in [-0.3, -0.25) is 0 Å². The van der Waals surface area contributed by atoms with Crippen LogP contribution in [0.4, 0.5) is 18.9 Å². The Hall–Kier alpha value is -2.17. The second-order valence-electron chi connectivity index (χ2n) is 4.42. The van der Waals surface area contributed by atoms with E-state index in [2.05, 4.69) is 5.32 Å². The first-order valence-corrected chi connectivity index (χ1v) is 6.14. The van der Waals surface area contributed by atoms with Gasteiger partial charge in [0.05, 0.1) is 5.56 Å². The molecule has 2 rings (SSSR count). The van der Waals surface area contributed by atoms with Gasteiger partial charge in [0.25, 0.3) is 0 Å². The third-order valence-corrected chi connectivity index (χ3v) is 2.87. The van der Waals surface area contributed by atoms with Gasteiger partial charge < -0.3 is 10.4 Å². The maximum atomic E-state index is 12.4. The zero-order valence-electron chi connectivity index (χ0n) is 10.6. The minimum atomic E-state index is -4.29. The van der Waals surface area contributed by atoms with E-state index in [4.69, 9.17) is 0 Å². The third kappa shape index (κ3) is 3.91. The van der Waals surface area contributed by atoms with Gasteiger partial charge in [0.1, 0.15) is 5.75 Å². The standard InChI is InChI=1S/C15H14F3NO/c16-15(17,18)12-6-4-11(5-7-12)8-9-19-13-2-1-3-14(20)10-13/h1-7,10,19-20H,8-9H2. The molecule has 0 radical (unpaired) electrons. The Morgan fingerprint density at radius 2 is 1.70 bits per heavy atom. The van der Waals surface area contributed by atoms with E-state index >= 15 is 0 Å². The molecule has 0 aliphatic heterocycles. The minimum Gasteiger partial charge on any atom is -0.508 e. The maximum Gasteiger partial charge on any atom is 0.416 e. The molecule has 0 aliphatic rings. The average Bonchev–Trinajstić information content (AvgIpc) is 2.38. The van der Waals surface area contributed by atoms with E-state index in [1.54, 1.807) is 18.2 Å². The molecular formula is C15H14F3NO. The van der Waals surface area contributed by atoms with Gasteiger partial charge in [0.2, 0.25) is 0 Å². The number of rotatable bonds is 4. The van der Waals surface area contributed by atoms with E-state index in [1.807, 2.05) is 6.07 Å². The van der Waals surface area contributed by atoms with Crippen molar-refractivity contribution in [2.24, 2.45) is 0 Å². The Morgan fingerprint density at radius 1 is 1.00 bits per heavy atom. The number of benzene rings is 2. The number of anilines is 1. The van der Waals surface area contributed by atoms with E-state index in [0.29, 0.717) is 13.0 Å². The van der Waals surface area contributed by atoms with Gasteiger partial charge in [0, 0.05) is 18.3 Å². The number of aromatic hydroxyl groups is 1. The highest BCUT2D eigenvalue weighted by Crippen LogP contribution is 2.29. The molecule has 5 heteroatoms. The van der Waals surface area contributed by atoms with E-state index in [0.717, 1.165) is 23.4 Å². The van der Waals surface area contributed by atoms with Crippen molar-refractivity contribution in [3.8, 4) is 5.75 Å². The molecule has 0 amide bonds. The first kappa shape index (κ1) is 14.2. The summed E-state index contributed by atoms with van der Waals surface area (Å²) in [5.74, 6) is 0.171. The summed E-state index contributed by atoms with van der Waals surface area (Å²) in [6, 6.07) is 11.8. The van der Waals surface area contributed by atoms with Crippen molar-refractivity contribution in [3.63, 3.8) is 0 Å². The lowest BCUT2D eigenvalue weighted by Gasteiger charge is -2.09. The molecule has 0 aliphatic carbocycles. The van der Waals surface area contributed by atoms with E-state index < -0.39 is 11.7 Å². The van der Waals surface area contributed by atoms with Crippen molar-refractivity contribution in [2.75, 3.05) is 11.9 Å². The Kier molecular flexibility index (Phi) is 4.17. The fourth-order valence-electron chi connectivity index (χ4n) is 1.83. The van der Waals surface area contributed by atoms with Crippen molar-refractivity contribution < 1.29 is 18.3 Å². The number of hydrogen-bond acceptors (Lipinski definition) is 2. The molecular weight excluding hydrogens is 267 g/mol. The van der Waals surface area contributed by atoms with Crippen LogP contribution in [0.3, 0.4) is 0 Å². The molecule has 0 heterocycles. The van der Waals surface area contributed by atoms with Crippen LogP contribution in [0.5, 0.6) is 5.75 Å². The van der Waals surface area contributed by atoms with Gasteiger partial charge in [-0.25, -0.2) is 0 Å². The fraction of sp³-hybridized carbons (Fsp3) is 0.200. The van der Waals surface area contributed by atoms with Crippen LogP contribution >= 0.6 is 0 Å². The van der Waals surface area contributed by atoms with Crippen LogP contribution < -0.4 is 5.32 Å². The van der Waals surface area contributed by atoms with E-state index in [1.165, 1.54) is 12.1 Å². The highest BCUT2D eigenvalue weighted by molar-refractivity contribution is 5.47. The summed E-state index contributed by atoms with van der Waals surface area (Å²) in [7, 11) is 0. The highest BCUT2D eigenvalue weighted by atomic mass is 19.4. The summed E-state index contributed by atoms with van der Waals surface area (Å²) in [5, 5.41) is 12.4. The predicted octanol–water partition coefficient (Wildman–Crippen LogP) is 4.07. The van der Waals surface area contributed by atoms with Crippen molar-refractivity contribution in [1.29, 1.82) is 0 Å². The summed E-state index contributed by atoms with van der Waals surface area (Å²) in [6.45, 7) is 0.578.